The van der Waals surface area contributed by atoms with Crippen molar-refractivity contribution in [3.8, 4) is 5.75 Å². The lowest BCUT2D eigenvalue weighted by Crippen LogP contribution is -1.94. The molecule has 0 aliphatic carbocycles. The topological polar surface area (TPSA) is 20.2 Å². The highest BCUT2D eigenvalue weighted by Gasteiger charge is 2.07. The van der Waals surface area contributed by atoms with Crippen LogP contribution in [0.5, 0.6) is 5.75 Å². The van der Waals surface area contributed by atoms with E-state index in [0.717, 1.165) is 12.0 Å². The van der Waals surface area contributed by atoms with Crippen LogP contribution in [0.3, 0.4) is 0 Å². The first-order chi connectivity index (χ1) is 15.7. The summed E-state index contributed by atoms with van der Waals surface area (Å²) < 4.78 is 0. The van der Waals surface area contributed by atoms with Crippen LogP contribution in [0.2, 0.25) is 0 Å². The fourth-order valence-electron chi connectivity index (χ4n) is 4.89. The van der Waals surface area contributed by atoms with E-state index >= 15 is 0 Å². The maximum Gasteiger partial charge on any atom is 0.121 e. The van der Waals surface area contributed by atoms with Gasteiger partial charge in [-0.25, -0.2) is 0 Å². The zero-order chi connectivity index (χ0) is 23.3. The second-order valence-electron chi connectivity index (χ2n) is 10.3. The predicted octanol–water partition coefficient (Wildman–Crippen LogP) is 10.6. The Morgan fingerprint density at radius 1 is 0.500 bits per heavy atom. The molecule has 0 aliphatic heterocycles. The third-order valence-corrected chi connectivity index (χ3v) is 7.06. The zero-order valence-corrected chi connectivity index (χ0v) is 22.2. The second kappa shape index (κ2) is 20.6. The van der Waals surface area contributed by atoms with Crippen LogP contribution in [0.25, 0.3) is 0 Å². The molecule has 0 aromatic heterocycles. The van der Waals surface area contributed by atoms with E-state index in [1.54, 1.807) is 0 Å². The SMILES string of the molecule is CCCCCCCCCCCCc1cc(C)c(O)c(CCCCCCCCCCCC)c1. The Balaban J connectivity index is 2.15. The molecule has 0 fully saturated rings. The first-order valence-corrected chi connectivity index (χ1v) is 14.5. The van der Waals surface area contributed by atoms with Gasteiger partial charge in [0.1, 0.15) is 5.75 Å². The standard InChI is InChI=1S/C31H56O/c1-4-6-8-10-12-14-16-18-20-22-24-29-26-28(3)31(32)30(27-29)25-23-21-19-17-15-13-11-9-7-5-2/h26-27,32H,4-25H2,1-3H3. The van der Waals surface area contributed by atoms with Gasteiger partial charge in [0.2, 0.25) is 0 Å². The smallest absolute Gasteiger partial charge is 0.121 e. The van der Waals surface area contributed by atoms with Crippen LogP contribution >= 0.6 is 0 Å². The van der Waals surface area contributed by atoms with Crippen molar-refractivity contribution in [3.05, 3.63) is 28.8 Å². The Kier molecular flexibility index (Phi) is 18.7. The van der Waals surface area contributed by atoms with Gasteiger partial charge >= 0.3 is 0 Å². The molecule has 1 N–H and O–H groups in total. The summed E-state index contributed by atoms with van der Waals surface area (Å²) in [6.07, 6.45) is 29.8. The number of aromatic hydroxyl groups is 1. The number of rotatable bonds is 22. The van der Waals surface area contributed by atoms with Crippen molar-refractivity contribution in [1.29, 1.82) is 0 Å². The van der Waals surface area contributed by atoms with E-state index in [2.05, 4.69) is 32.9 Å². The van der Waals surface area contributed by atoms with Crippen molar-refractivity contribution < 1.29 is 5.11 Å². The van der Waals surface area contributed by atoms with Gasteiger partial charge in [-0.3, -0.25) is 0 Å². The first kappa shape index (κ1) is 29.1. The lowest BCUT2D eigenvalue weighted by molar-refractivity contribution is 0.461. The van der Waals surface area contributed by atoms with Crippen LogP contribution in [-0.4, -0.2) is 5.11 Å². The first-order valence-electron chi connectivity index (χ1n) is 14.5. The molecule has 1 rings (SSSR count). The largest absolute Gasteiger partial charge is 0.507 e. The zero-order valence-electron chi connectivity index (χ0n) is 22.2. The number of hydrogen-bond acceptors (Lipinski definition) is 1. The maximum absolute atomic E-state index is 10.5. The minimum atomic E-state index is 0.549. The van der Waals surface area contributed by atoms with Gasteiger partial charge in [0.15, 0.2) is 0 Å². The molecule has 0 saturated heterocycles. The molecule has 0 spiro atoms. The highest BCUT2D eigenvalue weighted by Crippen LogP contribution is 2.27. The number of aryl methyl sites for hydroxylation is 3. The van der Waals surface area contributed by atoms with Crippen LogP contribution in [0.1, 0.15) is 159 Å². The third-order valence-electron chi connectivity index (χ3n) is 7.06. The minimum absolute atomic E-state index is 0.549. The fourth-order valence-corrected chi connectivity index (χ4v) is 4.89. The highest BCUT2D eigenvalue weighted by atomic mass is 16.3. The molecule has 0 heterocycles. The summed E-state index contributed by atoms with van der Waals surface area (Å²) in [4.78, 5) is 0. The molecule has 0 atom stereocenters. The number of phenols is 1. The molecule has 0 amide bonds. The summed E-state index contributed by atoms with van der Waals surface area (Å²) >= 11 is 0. The van der Waals surface area contributed by atoms with Crippen molar-refractivity contribution >= 4 is 0 Å². The molecular weight excluding hydrogens is 388 g/mol. The lowest BCUT2D eigenvalue weighted by atomic mass is 9.96. The molecule has 1 aromatic rings. The average Bonchev–Trinajstić information content (AvgIpc) is 2.79. The van der Waals surface area contributed by atoms with Gasteiger partial charge in [-0.15, -0.1) is 0 Å². The lowest BCUT2D eigenvalue weighted by Gasteiger charge is -2.11. The van der Waals surface area contributed by atoms with Gasteiger partial charge in [0.05, 0.1) is 0 Å². The molecule has 0 bridgehead atoms. The van der Waals surface area contributed by atoms with E-state index < -0.39 is 0 Å². The van der Waals surface area contributed by atoms with E-state index in [1.807, 2.05) is 0 Å². The summed E-state index contributed by atoms with van der Waals surface area (Å²) in [7, 11) is 0. The van der Waals surface area contributed by atoms with E-state index in [4.69, 9.17) is 0 Å². The normalized spacial score (nSPS) is 11.3. The number of benzene rings is 1. The monoisotopic (exact) mass is 444 g/mol. The summed E-state index contributed by atoms with van der Waals surface area (Å²) in [5, 5.41) is 10.5. The third kappa shape index (κ3) is 15.0. The van der Waals surface area contributed by atoms with Gasteiger partial charge in [-0.2, -0.15) is 0 Å². The minimum Gasteiger partial charge on any atom is -0.507 e. The Labute approximate surface area is 201 Å². The van der Waals surface area contributed by atoms with Crippen LogP contribution < -0.4 is 0 Å². The summed E-state index contributed by atoms with van der Waals surface area (Å²) in [6, 6.07) is 4.51. The quantitative estimate of drug-likeness (QED) is 0.176. The second-order valence-corrected chi connectivity index (χ2v) is 10.3. The van der Waals surface area contributed by atoms with Gasteiger partial charge in [-0.1, -0.05) is 142 Å². The Morgan fingerprint density at radius 2 is 0.875 bits per heavy atom. The summed E-state index contributed by atoms with van der Waals surface area (Å²) in [5.74, 6) is 0.549. The summed E-state index contributed by atoms with van der Waals surface area (Å²) in [5.41, 5.74) is 3.69. The number of phenolic OH excluding ortho intramolecular Hbond substituents is 1. The predicted molar refractivity (Wildman–Crippen MR) is 144 cm³/mol. The average molecular weight is 445 g/mol. The number of unbranched alkanes of at least 4 members (excludes halogenated alkanes) is 18. The molecule has 0 unspecified atom stereocenters. The molecule has 1 aromatic carbocycles. The van der Waals surface area contributed by atoms with Crippen LogP contribution in [0.4, 0.5) is 0 Å². The van der Waals surface area contributed by atoms with E-state index in [0.29, 0.717) is 5.75 Å². The van der Waals surface area contributed by atoms with Crippen LogP contribution in [-0.2, 0) is 12.8 Å². The van der Waals surface area contributed by atoms with E-state index in [9.17, 15) is 5.11 Å². The van der Waals surface area contributed by atoms with Crippen molar-refractivity contribution in [2.75, 3.05) is 0 Å². The van der Waals surface area contributed by atoms with Gasteiger partial charge in [0.25, 0.3) is 0 Å². The van der Waals surface area contributed by atoms with E-state index in [1.165, 1.54) is 146 Å². The van der Waals surface area contributed by atoms with Gasteiger partial charge in [0, 0.05) is 0 Å². The van der Waals surface area contributed by atoms with Crippen molar-refractivity contribution in [2.24, 2.45) is 0 Å². The molecule has 0 aliphatic rings. The molecule has 0 radical (unpaired) electrons. The molecule has 32 heavy (non-hydrogen) atoms. The Hall–Kier alpha value is -0.980. The molecule has 186 valence electrons. The molecule has 1 nitrogen and oxygen atoms in total. The van der Waals surface area contributed by atoms with Crippen molar-refractivity contribution in [3.63, 3.8) is 0 Å². The highest BCUT2D eigenvalue weighted by molar-refractivity contribution is 5.43. The molecular formula is C31H56O. The van der Waals surface area contributed by atoms with Crippen LogP contribution in [0, 0.1) is 6.92 Å². The van der Waals surface area contributed by atoms with Gasteiger partial charge < -0.3 is 5.11 Å². The van der Waals surface area contributed by atoms with Gasteiger partial charge in [-0.05, 0) is 49.3 Å². The van der Waals surface area contributed by atoms with E-state index in [-0.39, 0.29) is 0 Å². The fraction of sp³-hybridized carbons (Fsp3) is 0.806. The number of hydrogen-bond donors (Lipinski definition) is 1. The Bertz CT molecular complexity index is 548. The van der Waals surface area contributed by atoms with Crippen LogP contribution in [0.15, 0.2) is 12.1 Å². The molecule has 0 saturated carbocycles. The molecule has 1 heteroatoms. The maximum atomic E-state index is 10.5. The Morgan fingerprint density at radius 3 is 1.31 bits per heavy atom. The van der Waals surface area contributed by atoms with Crippen molar-refractivity contribution in [2.45, 2.75) is 162 Å². The summed E-state index contributed by atoms with van der Waals surface area (Å²) in [6.45, 7) is 6.64. The van der Waals surface area contributed by atoms with Crippen molar-refractivity contribution in [1.82, 2.24) is 0 Å².